The van der Waals surface area contributed by atoms with E-state index in [2.05, 4.69) is 4.85 Å². The molecule has 5 rings (SSSR count). The predicted octanol–water partition coefficient (Wildman–Crippen LogP) is 5.33. The van der Waals surface area contributed by atoms with Crippen molar-refractivity contribution in [2.45, 2.75) is 19.3 Å². The molecule has 6 nitrogen and oxygen atoms in total. The van der Waals surface area contributed by atoms with Crippen LogP contribution in [-0.2, 0) is 16.0 Å². The Hall–Kier alpha value is -3.40. The number of benzene rings is 2. The average Bonchev–Trinajstić information content (AvgIpc) is 3.40. The Bertz CT molecular complexity index is 1200. The zero-order chi connectivity index (χ0) is 19.6. The number of fused-ring (bicyclic) bond motifs is 1. The Kier molecular flexibility index (Phi) is 4.60. The molecule has 6 heteroatoms. The van der Waals surface area contributed by atoms with Gasteiger partial charge >= 0.3 is 0 Å². The molecule has 0 amide bonds. The fourth-order valence-corrected chi connectivity index (χ4v) is 3.60. The van der Waals surface area contributed by atoms with E-state index < -0.39 is 6.29 Å². The standard InChI is InChI=1S/C23H19N3O3/c1-24-18-9-4-2-7-16(18)15-26-19-10-5-3-8-17(19)22(25-26)20-11-12-21(29-20)23-27-13-6-14-28-23/h2-5,7-12,23H,6,13-15H2. The fourth-order valence-electron chi connectivity index (χ4n) is 3.60. The van der Waals surface area contributed by atoms with Gasteiger partial charge in [0.25, 0.3) is 0 Å². The van der Waals surface area contributed by atoms with Crippen LogP contribution in [0.4, 0.5) is 5.69 Å². The quantitative estimate of drug-likeness (QED) is 0.446. The first-order valence-corrected chi connectivity index (χ1v) is 9.58. The summed E-state index contributed by atoms with van der Waals surface area (Å²) in [7, 11) is 0. The Balaban J connectivity index is 1.54. The van der Waals surface area contributed by atoms with Gasteiger partial charge < -0.3 is 13.9 Å². The normalized spacial score (nSPS) is 14.9. The Morgan fingerprint density at radius 3 is 2.66 bits per heavy atom. The smallest absolute Gasteiger partial charge is 0.217 e. The van der Waals surface area contributed by atoms with E-state index in [1.54, 1.807) is 0 Å². The highest BCUT2D eigenvalue weighted by atomic mass is 16.7. The summed E-state index contributed by atoms with van der Waals surface area (Å²) < 4.78 is 19.3. The monoisotopic (exact) mass is 385 g/mol. The van der Waals surface area contributed by atoms with Gasteiger partial charge in [-0.2, -0.15) is 5.10 Å². The summed E-state index contributed by atoms with van der Waals surface area (Å²) in [5, 5.41) is 5.83. The van der Waals surface area contributed by atoms with Crippen molar-refractivity contribution in [2.24, 2.45) is 0 Å². The van der Waals surface area contributed by atoms with Crippen LogP contribution >= 0.6 is 0 Å². The molecule has 0 N–H and O–H groups in total. The van der Waals surface area contributed by atoms with Crippen LogP contribution in [0.15, 0.2) is 65.1 Å². The second kappa shape index (κ2) is 7.55. The van der Waals surface area contributed by atoms with Crippen molar-refractivity contribution < 1.29 is 13.9 Å². The Morgan fingerprint density at radius 1 is 1.00 bits per heavy atom. The molecule has 0 bridgehead atoms. The van der Waals surface area contributed by atoms with Crippen molar-refractivity contribution in [2.75, 3.05) is 13.2 Å². The molecule has 1 aliphatic heterocycles. The molecule has 1 aliphatic rings. The molecule has 0 spiro atoms. The molecule has 2 aromatic carbocycles. The maximum atomic E-state index is 7.41. The second-order valence-corrected chi connectivity index (χ2v) is 6.89. The number of hydrogen-bond donors (Lipinski definition) is 0. The van der Waals surface area contributed by atoms with Crippen molar-refractivity contribution in [3.05, 3.63) is 83.4 Å². The molecule has 29 heavy (non-hydrogen) atoms. The maximum absolute atomic E-state index is 7.41. The van der Waals surface area contributed by atoms with Crippen molar-refractivity contribution in [1.82, 2.24) is 9.78 Å². The van der Waals surface area contributed by atoms with E-state index in [0.717, 1.165) is 28.6 Å². The van der Waals surface area contributed by atoms with Gasteiger partial charge in [-0.05, 0) is 30.2 Å². The van der Waals surface area contributed by atoms with Gasteiger partial charge in [-0.25, -0.2) is 4.85 Å². The lowest BCUT2D eigenvalue weighted by atomic mass is 10.1. The first-order valence-electron chi connectivity index (χ1n) is 9.58. The molecule has 1 saturated heterocycles. The highest BCUT2D eigenvalue weighted by Gasteiger charge is 2.22. The van der Waals surface area contributed by atoms with Crippen LogP contribution in [0.5, 0.6) is 0 Å². The lowest BCUT2D eigenvalue weighted by Gasteiger charge is -2.21. The first-order chi connectivity index (χ1) is 14.3. The highest BCUT2D eigenvalue weighted by molar-refractivity contribution is 5.92. The minimum Gasteiger partial charge on any atom is -0.454 e. The van der Waals surface area contributed by atoms with Gasteiger partial charge in [0.15, 0.2) is 17.2 Å². The Labute approximate surface area is 168 Å². The second-order valence-electron chi connectivity index (χ2n) is 6.89. The zero-order valence-corrected chi connectivity index (χ0v) is 15.7. The molecule has 144 valence electrons. The van der Waals surface area contributed by atoms with Crippen LogP contribution in [0, 0.1) is 6.57 Å². The zero-order valence-electron chi connectivity index (χ0n) is 15.7. The van der Waals surface area contributed by atoms with Crippen molar-refractivity contribution in [1.29, 1.82) is 0 Å². The Morgan fingerprint density at radius 2 is 1.79 bits per heavy atom. The molecule has 0 unspecified atom stereocenters. The number of aromatic nitrogens is 2. The summed E-state index contributed by atoms with van der Waals surface area (Å²) in [5.41, 5.74) is 3.33. The minimum atomic E-state index is -0.462. The third kappa shape index (κ3) is 3.31. The molecule has 0 radical (unpaired) electrons. The van der Waals surface area contributed by atoms with Crippen LogP contribution in [0.1, 0.15) is 24.0 Å². The number of para-hydroxylation sites is 2. The number of rotatable bonds is 4. The average molecular weight is 385 g/mol. The molecule has 0 aliphatic carbocycles. The molecule has 0 atom stereocenters. The third-order valence-corrected chi connectivity index (χ3v) is 5.01. The van der Waals surface area contributed by atoms with E-state index in [0.29, 0.717) is 37.0 Å². The highest BCUT2D eigenvalue weighted by Crippen LogP contribution is 2.33. The van der Waals surface area contributed by atoms with E-state index in [-0.39, 0.29) is 0 Å². The summed E-state index contributed by atoms with van der Waals surface area (Å²) in [4.78, 5) is 3.63. The van der Waals surface area contributed by atoms with Crippen LogP contribution in [0.3, 0.4) is 0 Å². The van der Waals surface area contributed by atoms with Gasteiger partial charge in [0, 0.05) is 5.39 Å². The summed E-state index contributed by atoms with van der Waals surface area (Å²) >= 11 is 0. The number of furan rings is 1. The van der Waals surface area contributed by atoms with Crippen molar-refractivity contribution >= 4 is 16.6 Å². The first kappa shape index (κ1) is 17.7. The largest absolute Gasteiger partial charge is 0.454 e. The van der Waals surface area contributed by atoms with Crippen LogP contribution in [-0.4, -0.2) is 23.0 Å². The van der Waals surface area contributed by atoms with Gasteiger partial charge in [0.1, 0.15) is 5.69 Å². The lowest BCUT2D eigenvalue weighted by molar-refractivity contribution is -0.191. The summed E-state index contributed by atoms with van der Waals surface area (Å²) in [6, 6.07) is 19.4. The van der Waals surface area contributed by atoms with E-state index in [1.807, 2.05) is 65.3 Å². The van der Waals surface area contributed by atoms with E-state index in [1.165, 1.54) is 0 Å². The molecule has 2 aromatic heterocycles. The van der Waals surface area contributed by atoms with Gasteiger partial charge in [-0.15, -0.1) is 0 Å². The fraction of sp³-hybridized carbons (Fsp3) is 0.217. The van der Waals surface area contributed by atoms with E-state index in [9.17, 15) is 0 Å². The third-order valence-electron chi connectivity index (χ3n) is 5.01. The SMILES string of the molecule is [C-]#[N+]c1ccccc1Cn1nc(-c2ccc(C3OCCCO3)o2)c2ccccc21. The summed E-state index contributed by atoms with van der Waals surface area (Å²) in [6.07, 6.45) is 0.432. The molecule has 4 aromatic rings. The number of ether oxygens (including phenoxy) is 2. The molecule has 3 heterocycles. The van der Waals surface area contributed by atoms with Gasteiger partial charge in [-0.3, -0.25) is 4.68 Å². The summed E-state index contributed by atoms with van der Waals surface area (Å²) in [5.74, 6) is 1.32. The van der Waals surface area contributed by atoms with E-state index in [4.69, 9.17) is 25.6 Å². The maximum Gasteiger partial charge on any atom is 0.217 e. The molecule has 1 fully saturated rings. The van der Waals surface area contributed by atoms with Gasteiger partial charge in [0.05, 0.1) is 31.8 Å². The van der Waals surface area contributed by atoms with Crippen LogP contribution in [0.25, 0.3) is 27.2 Å². The van der Waals surface area contributed by atoms with Crippen LogP contribution in [0.2, 0.25) is 0 Å². The summed E-state index contributed by atoms with van der Waals surface area (Å²) in [6.45, 7) is 9.26. The van der Waals surface area contributed by atoms with Crippen LogP contribution < -0.4 is 0 Å². The number of nitrogens with zero attached hydrogens (tertiary/aromatic N) is 3. The molecular weight excluding hydrogens is 366 g/mol. The van der Waals surface area contributed by atoms with E-state index >= 15 is 0 Å². The predicted molar refractivity (Wildman–Crippen MR) is 109 cm³/mol. The minimum absolute atomic E-state index is 0.462. The molecular formula is C23H19N3O3. The van der Waals surface area contributed by atoms with Crippen molar-refractivity contribution in [3.8, 4) is 11.5 Å². The lowest BCUT2D eigenvalue weighted by Crippen LogP contribution is -2.17. The van der Waals surface area contributed by atoms with Gasteiger partial charge in [-0.1, -0.05) is 42.5 Å². The van der Waals surface area contributed by atoms with Crippen molar-refractivity contribution in [3.63, 3.8) is 0 Å². The molecule has 0 saturated carbocycles. The van der Waals surface area contributed by atoms with Gasteiger partial charge in [0.2, 0.25) is 6.29 Å². The topological polar surface area (TPSA) is 53.8 Å². The number of hydrogen-bond acceptors (Lipinski definition) is 4.